The zero-order chi connectivity index (χ0) is 20.2. The fourth-order valence-electron chi connectivity index (χ4n) is 2.78. The first kappa shape index (κ1) is 21.0. The third kappa shape index (κ3) is 5.10. The Labute approximate surface area is 162 Å². The maximum atomic E-state index is 13.3. The second-order valence-electron chi connectivity index (χ2n) is 6.99. The van der Waals surface area contributed by atoms with Crippen LogP contribution in [-0.4, -0.2) is 26.9 Å². The molecule has 0 saturated carbocycles. The lowest BCUT2D eigenvalue weighted by atomic mass is 10.1. The third-order valence-electron chi connectivity index (χ3n) is 4.54. The molecule has 0 spiro atoms. The van der Waals surface area contributed by atoms with E-state index in [1.165, 1.54) is 4.31 Å². The molecule has 0 radical (unpaired) electrons. The number of carbonyl (C=O) groups excluding carboxylic acids is 1. The normalized spacial score (nSPS) is 12.5. The van der Waals surface area contributed by atoms with Gasteiger partial charge in [-0.2, -0.15) is 0 Å². The number of anilines is 1. The molecule has 0 aliphatic heterocycles. The summed E-state index contributed by atoms with van der Waals surface area (Å²) in [6, 6.07) is 12.2. The van der Waals surface area contributed by atoms with Crippen molar-refractivity contribution in [1.82, 2.24) is 5.32 Å². The molecular formula is C21H28N2O3S. The lowest BCUT2D eigenvalue weighted by Crippen LogP contribution is -2.43. The van der Waals surface area contributed by atoms with Crippen molar-refractivity contribution in [2.24, 2.45) is 0 Å². The summed E-state index contributed by atoms with van der Waals surface area (Å²) in [6.45, 7) is 9.31. The molecule has 2 rings (SSSR count). The SMILES string of the molecule is CCC(C)NC(=O)CN(c1ccc(C)cc1C)S(=O)(=O)c1ccc(C)cc1. The van der Waals surface area contributed by atoms with Crippen LogP contribution in [0.5, 0.6) is 0 Å². The van der Waals surface area contributed by atoms with Crippen LogP contribution >= 0.6 is 0 Å². The molecule has 0 fully saturated rings. The van der Waals surface area contributed by atoms with Crippen LogP contribution in [0, 0.1) is 20.8 Å². The van der Waals surface area contributed by atoms with Crippen molar-refractivity contribution >= 4 is 21.6 Å². The number of amides is 1. The van der Waals surface area contributed by atoms with Crippen LogP contribution in [0.25, 0.3) is 0 Å². The summed E-state index contributed by atoms with van der Waals surface area (Å²) in [5.74, 6) is -0.319. The van der Waals surface area contributed by atoms with Gasteiger partial charge in [0.2, 0.25) is 5.91 Å². The Morgan fingerprint density at radius 2 is 1.63 bits per heavy atom. The summed E-state index contributed by atoms with van der Waals surface area (Å²) in [4.78, 5) is 12.7. The molecule has 1 amide bonds. The molecule has 27 heavy (non-hydrogen) atoms. The molecule has 6 heteroatoms. The summed E-state index contributed by atoms with van der Waals surface area (Å²) in [5.41, 5.74) is 3.33. The summed E-state index contributed by atoms with van der Waals surface area (Å²) in [7, 11) is -3.87. The van der Waals surface area contributed by atoms with Gasteiger partial charge in [-0.1, -0.05) is 42.3 Å². The first-order valence-electron chi connectivity index (χ1n) is 9.11. The second kappa shape index (κ2) is 8.57. The Bertz CT molecular complexity index is 906. The smallest absolute Gasteiger partial charge is 0.264 e. The van der Waals surface area contributed by atoms with E-state index in [1.807, 2.05) is 46.8 Å². The molecule has 0 aromatic heterocycles. The summed E-state index contributed by atoms with van der Waals surface area (Å²) in [5, 5.41) is 2.85. The number of nitrogens with one attached hydrogen (secondary N) is 1. The Hall–Kier alpha value is -2.34. The predicted molar refractivity (Wildman–Crippen MR) is 110 cm³/mol. The molecule has 0 saturated heterocycles. The van der Waals surface area contributed by atoms with Crippen LogP contribution in [0.1, 0.15) is 37.0 Å². The van der Waals surface area contributed by atoms with Gasteiger partial charge in [0, 0.05) is 6.04 Å². The maximum Gasteiger partial charge on any atom is 0.264 e. The van der Waals surface area contributed by atoms with Crippen LogP contribution < -0.4 is 9.62 Å². The van der Waals surface area contributed by atoms with E-state index < -0.39 is 10.0 Å². The third-order valence-corrected chi connectivity index (χ3v) is 6.31. The molecule has 146 valence electrons. The van der Waals surface area contributed by atoms with Gasteiger partial charge in [-0.25, -0.2) is 8.42 Å². The van der Waals surface area contributed by atoms with Gasteiger partial charge < -0.3 is 5.32 Å². The Balaban J connectivity index is 2.48. The highest BCUT2D eigenvalue weighted by Crippen LogP contribution is 2.27. The lowest BCUT2D eigenvalue weighted by Gasteiger charge is -2.26. The highest BCUT2D eigenvalue weighted by Gasteiger charge is 2.28. The fourth-order valence-corrected chi connectivity index (χ4v) is 4.26. The monoisotopic (exact) mass is 388 g/mol. The highest BCUT2D eigenvalue weighted by atomic mass is 32.2. The topological polar surface area (TPSA) is 66.5 Å². The lowest BCUT2D eigenvalue weighted by molar-refractivity contribution is -0.120. The van der Waals surface area contributed by atoms with E-state index in [9.17, 15) is 13.2 Å². The van der Waals surface area contributed by atoms with Crippen molar-refractivity contribution in [3.8, 4) is 0 Å². The average Bonchev–Trinajstić information content (AvgIpc) is 2.60. The Morgan fingerprint density at radius 3 is 2.19 bits per heavy atom. The number of aryl methyl sites for hydroxylation is 3. The zero-order valence-electron chi connectivity index (χ0n) is 16.6. The number of benzene rings is 2. The number of nitrogens with zero attached hydrogens (tertiary/aromatic N) is 1. The molecule has 5 nitrogen and oxygen atoms in total. The molecule has 0 heterocycles. The van der Waals surface area contributed by atoms with E-state index in [1.54, 1.807) is 30.3 Å². The molecular weight excluding hydrogens is 360 g/mol. The molecule has 1 unspecified atom stereocenters. The highest BCUT2D eigenvalue weighted by molar-refractivity contribution is 7.92. The van der Waals surface area contributed by atoms with Gasteiger partial charge >= 0.3 is 0 Å². The van der Waals surface area contributed by atoms with E-state index >= 15 is 0 Å². The quantitative estimate of drug-likeness (QED) is 0.786. The van der Waals surface area contributed by atoms with Gasteiger partial charge in [-0.15, -0.1) is 0 Å². The number of hydrogen-bond acceptors (Lipinski definition) is 3. The van der Waals surface area contributed by atoms with Crippen molar-refractivity contribution in [2.45, 2.75) is 52.0 Å². The predicted octanol–water partition coefficient (Wildman–Crippen LogP) is 3.72. The maximum absolute atomic E-state index is 13.3. The summed E-state index contributed by atoms with van der Waals surface area (Å²) >= 11 is 0. The van der Waals surface area contributed by atoms with Crippen molar-refractivity contribution in [2.75, 3.05) is 10.8 Å². The summed E-state index contributed by atoms with van der Waals surface area (Å²) in [6.07, 6.45) is 0.778. The summed E-state index contributed by atoms with van der Waals surface area (Å²) < 4.78 is 27.8. The minimum absolute atomic E-state index is 0.0134. The molecule has 0 bridgehead atoms. The standard InChI is InChI=1S/C21H28N2O3S/c1-6-18(5)22-21(24)14-23(20-12-9-16(3)13-17(20)4)27(25,26)19-10-7-15(2)8-11-19/h7-13,18H,6,14H2,1-5H3,(H,22,24). The van der Waals surface area contributed by atoms with Crippen molar-refractivity contribution in [3.63, 3.8) is 0 Å². The molecule has 0 aliphatic rings. The van der Waals surface area contributed by atoms with Crippen molar-refractivity contribution in [1.29, 1.82) is 0 Å². The minimum Gasteiger partial charge on any atom is -0.352 e. The van der Waals surface area contributed by atoms with Gasteiger partial charge in [0.15, 0.2) is 0 Å². The first-order valence-corrected chi connectivity index (χ1v) is 10.5. The van der Waals surface area contributed by atoms with E-state index in [4.69, 9.17) is 0 Å². The van der Waals surface area contributed by atoms with Crippen LogP contribution in [-0.2, 0) is 14.8 Å². The molecule has 1 atom stereocenters. The number of sulfonamides is 1. The molecule has 1 N–H and O–H groups in total. The largest absolute Gasteiger partial charge is 0.352 e. The van der Waals surface area contributed by atoms with Crippen LogP contribution in [0.2, 0.25) is 0 Å². The Morgan fingerprint density at radius 1 is 1.04 bits per heavy atom. The van der Waals surface area contributed by atoms with E-state index in [0.717, 1.165) is 23.1 Å². The number of rotatable bonds is 7. The van der Waals surface area contributed by atoms with Crippen molar-refractivity contribution in [3.05, 3.63) is 59.2 Å². The van der Waals surface area contributed by atoms with Crippen molar-refractivity contribution < 1.29 is 13.2 Å². The van der Waals surface area contributed by atoms with Crippen LogP contribution in [0.15, 0.2) is 47.4 Å². The van der Waals surface area contributed by atoms with E-state index in [0.29, 0.717) is 5.69 Å². The van der Waals surface area contributed by atoms with Gasteiger partial charge in [-0.3, -0.25) is 9.10 Å². The second-order valence-corrected chi connectivity index (χ2v) is 8.85. The number of carbonyl (C=O) groups is 1. The van der Waals surface area contributed by atoms with Gasteiger partial charge in [0.25, 0.3) is 10.0 Å². The molecule has 2 aromatic carbocycles. The van der Waals surface area contributed by atoms with Gasteiger partial charge in [0.1, 0.15) is 6.54 Å². The van der Waals surface area contributed by atoms with Crippen LogP contribution in [0.4, 0.5) is 5.69 Å². The van der Waals surface area contributed by atoms with Gasteiger partial charge in [-0.05, 0) is 57.9 Å². The fraction of sp³-hybridized carbons (Fsp3) is 0.381. The van der Waals surface area contributed by atoms with Gasteiger partial charge in [0.05, 0.1) is 10.6 Å². The molecule has 0 aliphatic carbocycles. The van der Waals surface area contributed by atoms with E-state index in [2.05, 4.69) is 5.32 Å². The first-order chi connectivity index (χ1) is 12.6. The number of hydrogen-bond donors (Lipinski definition) is 1. The Kier molecular flexibility index (Phi) is 6.65. The zero-order valence-corrected chi connectivity index (χ0v) is 17.4. The van der Waals surface area contributed by atoms with Crippen LogP contribution in [0.3, 0.4) is 0 Å². The average molecular weight is 389 g/mol. The van der Waals surface area contributed by atoms with E-state index in [-0.39, 0.29) is 23.4 Å². The molecule has 2 aromatic rings. The minimum atomic E-state index is -3.87.